The molecule has 0 N–H and O–H groups in total. The molecule has 84 heavy (non-hydrogen) atoms. The number of benzene rings is 14. The van der Waals surface area contributed by atoms with Gasteiger partial charge in [0.2, 0.25) is 0 Å². The summed E-state index contributed by atoms with van der Waals surface area (Å²) in [7, 11) is 0. The molecular weight excluding hydrogens is 1010 g/mol. The molecule has 0 aromatic heterocycles. The van der Waals surface area contributed by atoms with Gasteiger partial charge in [-0.15, -0.1) is 0 Å². The van der Waals surface area contributed by atoms with Crippen molar-refractivity contribution in [2.75, 3.05) is 9.80 Å². The molecule has 16 rings (SSSR count). The third-order valence-corrected chi connectivity index (χ3v) is 18.4. The number of anilines is 6. The van der Waals surface area contributed by atoms with Crippen molar-refractivity contribution in [3.63, 3.8) is 0 Å². The van der Waals surface area contributed by atoms with Crippen LogP contribution < -0.4 is 9.80 Å². The molecule has 0 radical (unpaired) electrons. The summed E-state index contributed by atoms with van der Waals surface area (Å²) in [4.78, 5) is 4.99. The molecule has 0 atom stereocenters. The lowest BCUT2D eigenvalue weighted by molar-refractivity contribution is 0.686. The third kappa shape index (κ3) is 8.38. The van der Waals surface area contributed by atoms with Gasteiger partial charge in [0.05, 0.1) is 0 Å². The lowest BCUT2D eigenvalue weighted by Crippen LogP contribution is -2.15. The zero-order chi connectivity index (χ0) is 55.5. The van der Waals surface area contributed by atoms with Crippen LogP contribution >= 0.6 is 0 Å². The molecule has 2 aliphatic carbocycles. The molecule has 2 aliphatic rings. The molecular formula is C82H62N2. The molecule has 0 heterocycles. The minimum absolute atomic E-state index is 1.10. The van der Waals surface area contributed by atoms with Crippen LogP contribution in [0.4, 0.5) is 34.1 Å². The summed E-state index contributed by atoms with van der Waals surface area (Å²) < 4.78 is 0. The molecule has 0 saturated carbocycles. The van der Waals surface area contributed by atoms with E-state index >= 15 is 0 Å². The molecule has 400 valence electrons. The van der Waals surface area contributed by atoms with Crippen LogP contribution in [0.3, 0.4) is 0 Å². The highest BCUT2D eigenvalue weighted by Gasteiger charge is 2.26. The molecule has 0 amide bonds. The quantitative estimate of drug-likeness (QED) is 0.126. The fourth-order valence-corrected chi connectivity index (χ4v) is 14.7. The van der Waals surface area contributed by atoms with E-state index in [0.29, 0.717) is 0 Å². The average molecular weight is 1080 g/mol. The molecule has 2 heteroatoms. The smallest absolute Gasteiger partial charge is 0.0496 e. The van der Waals surface area contributed by atoms with Crippen molar-refractivity contribution in [2.24, 2.45) is 0 Å². The first-order chi connectivity index (χ1) is 41.7. The largest absolute Gasteiger partial charge is 0.310 e. The van der Waals surface area contributed by atoms with Gasteiger partial charge in [-0.25, -0.2) is 0 Å². The monoisotopic (exact) mass is 1070 g/mol. The van der Waals surface area contributed by atoms with Gasteiger partial charge >= 0.3 is 0 Å². The zero-order valence-corrected chi connectivity index (χ0v) is 47.1. The van der Waals surface area contributed by atoms with Crippen LogP contribution in [-0.2, 0) is 25.7 Å². The number of aryl methyl sites for hydroxylation is 2. The second-order valence-electron chi connectivity index (χ2n) is 23.1. The molecule has 0 saturated heterocycles. The van der Waals surface area contributed by atoms with E-state index in [1.165, 1.54) is 169 Å². The summed E-state index contributed by atoms with van der Waals surface area (Å²) in [5, 5.41) is 12.4. The number of hydrogen-bond donors (Lipinski definition) is 0. The summed E-state index contributed by atoms with van der Waals surface area (Å²) in [5.74, 6) is 0. The lowest BCUT2D eigenvalue weighted by Gasteiger charge is -2.30. The van der Waals surface area contributed by atoms with Crippen molar-refractivity contribution >= 4 is 88.0 Å². The zero-order valence-electron chi connectivity index (χ0n) is 47.1. The highest BCUT2D eigenvalue weighted by atomic mass is 15.2. The molecule has 0 unspecified atom stereocenters. The minimum Gasteiger partial charge on any atom is -0.310 e. The van der Waals surface area contributed by atoms with Crippen molar-refractivity contribution in [3.8, 4) is 44.5 Å². The number of hydrogen-bond acceptors (Lipinski definition) is 2. The molecule has 0 aliphatic heterocycles. The SMILES string of the molecule is c1ccc(N(c2cccc(-c3c4ccccc4c(-c4ccc(-c5c6ccccc6c(-c6cccc(N(c7ccccc7)c7cccc8c7CCCC8)c6)c6ccccc56)c5ccccc45)c4ccccc34)c2)c2cccc3c2CCCC3)cc1. The van der Waals surface area contributed by atoms with E-state index in [1.807, 2.05) is 0 Å². The van der Waals surface area contributed by atoms with Crippen LogP contribution in [0, 0.1) is 0 Å². The summed E-state index contributed by atoms with van der Waals surface area (Å²) in [6.45, 7) is 0. The third-order valence-electron chi connectivity index (χ3n) is 18.4. The van der Waals surface area contributed by atoms with Crippen LogP contribution in [0.5, 0.6) is 0 Å². The Balaban J connectivity index is 0.861. The van der Waals surface area contributed by atoms with Gasteiger partial charge in [-0.1, -0.05) is 218 Å². The minimum atomic E-state index is 1.10. The van der Waals surface area contributed by atoms with Crippen LogP contribution in [0.2, 0.25) is 0 Å². The van der Waals surface area contributed by atoms with E-state index in [0.717, 1.165) is 37.1 Å². The standard InChI is InChI=1S/C82H62N2/c1-3-31-59(32-4-1)83(77-49-23-27-55-25-7-9-37-63(55)77)61-35-21-29-57(53-61)79-67-41-13-17-45-71(67)81(72-46-18-14-42-68(72)79)75-51-52-76(66-40-12-11-39-65(66)75)82-73-47-19-15-43-69(73)80(70-44-16-20-48-74(70)82)58-30-22-36-62(54-58)84(60-33-5-2-6-34-60)78-50-24-28-56-26-8-10-38-64(56)78/h1-6,11-24,27-36,39-54H,7-10,25-26,37-38H2. The van der Waals surface area contributed by atoms with Gasteiger partial charge in [0.1, 0.15) is 0 Å². The van der Waals surface area contributed by atoms with Gasteiger partial charge < -0.3 is 9.80 Å². The summed E-state index contributed by atoms with van der Waals surface area (Å²) in [5.41, 5.74) is 23.0. The predicted molar refractivity (Wildman–Crippen MR) is 358 cm³/mol. The van der Waals surface area contributed by atoms with E-state index in [2.05, 4.69) is 289 Å². The molecule has 0 spiro atoms. The van der Waals surface area contributed by atoms with E-state index in [1.54, 1.807) is 0 Å². The van der Waals surface area contributed by atoms with E-state index in [9.17, 15) is 0 Å². The number of rotatable bonds is 10. The Morgan fingerprint density at radius 1 is 0.214 bits per heavy atom. The summed E-state index contributed by atoms with van der Waals surface area (Å²) in [6, 6.07) is 105. The Bertz CT molecular complexity index is 4440. The highest BCUT2D eigenvalue weighted by Crippen LogP contribution is 2.51. The first-order valence-corrected chi connectivity index (χ1v) is 30.3. The molecule has 14 aromatic carbocycles. The second-order valence-corrected chi connectivity index (χ2v) is 23.1. The molecule has 0 fully saturated rings. The Labute approximate surface area is 492 Å². The first kappa shape index (κ1) is 49.8. The van der Waals surface area contributed by atoms with Gasteiger partial charge in [0.25, 0.3) is 0 Å². The number of fused-ring (bicyclic) bond motifs is 7. The Hall–Kier alpha value is -10.0. The maximum Gasteiger partial charge on any atom is 0.0496 e. The second kappa shape index (κ2) is 21.1. The van der Waals surface area contributed by atoms with Crippen LogP contribution in [0.25, 0.3) is 98.4 Å². The topological polar surface area (TPSA) is 6.48 Å². The van der Waals surface area contributed by atoms with Crippen LogP contribution in [0.1, 0.15) is 47.9 Å². The number of nitrogens with zero attached hydrogens (tertiary/aromatic N) is 2. The predicted octanol–water partition coefficient (Wildman–Crippen LogP) is 22.8. The highest BCUT2D eigenvalue weighted by molar-refractivity contribution is 6.27. The normalized spacial score (nSPS) is 13.1. The van der Waals surface area contributed by atoms with E-state index in [4.69, 9.17) is 0 Å². The lowest BCUT2D eigenvalue weighted by atomic mass is 9.82. The molecule has 0 bridgehead atoms. The number of para-hydroxylation sites is 2. The van der Waals surface area contributed by atoms with E-state index < -0.39 is 0 Å². The summed E-state index contributed by atoms with van der Waals surface area (Å²) in [6.07, 6.45) is 9.41. The van der Waals surface area contributed by atoms with Crippen LogP contribution in [0.15, 0.2) is 279 Å². The average Bonchev–Trinajstić information content (AvgIpc) is 1.38. The molecule has 14 aromatic rings. The Kier molecular flexibility index (Phi) is 12.5. The van der Waals surface area contributed by atoms with Crippen molar-refractivity contribution in [1.82, 2.24) is 0 Å². The Morgan fingerprint density at radius 3 is 0.881 bits per heavy atom. The van der Waals surface area contributed by atoms with Gasteiger partial charge in [0.15, 0.2) is 0 Å². The Morgan fingerprint density at radius 2 is 0.512 bits per heavy atom. The van der Waals surface area contributed by atoms with Gasteiger partial charge in [0, 0.05) is 34.1 Å². The fraction of sp³-hybridized carbons (Fsp3) is 0.0976. The maximum atomic E-state index is 2.50. The van der Waals surface area contributed by atoms with Crippen molar-refractivity contribution in [2.45, 2.75) is 51.4 Å². The molecule has 2 nitrogen and oxygen atoms in total. The fourth-order valence-electron chi connectivity index (χ4n) is 14.7. The van der Waals surface area contributed by atoms with Crippen molar-refractivity contribution < 1.29 is 0 Å². The summed E-state index contributed by atoms with van der Waals surface area (Å²) >= 11 is 0. The van der Waals surface area contributed by atoms with Gasteiger partial charge in [-0.3, -0.25) is 0 Å². The first-order valence-electron chi connectivity index (χ1n) is 30.3. The maximum absolute atomic E-state index is 2.50. The van der Waals surface area contributed by atoms with E-state index in [-0.39, 0.29) is 0 Å². The van der Waals surface area contributed by atoms with Crippen molar-refractivity contribution in [1.29, 1.82) is 0 Å². The van der Waals surface area contributed by atoms with Gasteiger partial charge in [-0.2, -0.15) is 0 Å². The van der Waals surface area contributed by atoms with Crippen LogP contribution in [-0.4, -0.2) is 0 Å². The van der Waals surface area contributed by atoms with Crippen molar-refractivity contribution in [3.05, 3.63) is 301 Å². The van der Waals surface area contributed by atoms with Gasteiger partial charge in [-0.05, 0) is 233 Å².